The average Bonchev–Trinajstić information content (AvgIpc) is 2.46. The number of pyridine rings is 1. The number of piperidine rings is 1. The second-order valence-corrected chi connectivity index (χ2v) is 5.89. The normalized spacial score (nSPS) is 24.7. The van der Waals surface area contributed by atoms with Gasteiger partial charge in [0.2, 0.25) is 0 Å². The lowest BCUT2D eigenvalue weighted by Gasteiger charge is -2.30. The largest absolute Gasteiger partial charge is 0.388 e. The van der Waals surface area contributed by atoms with Gasteiger partial charge < -0.3 is 10.4 Å². The molecule has 0 amide bonds. The van der Waals surface area contributed by atoms with Gasteiger partial charge in [-0.2, -0.15) is 0 Å². The Kier molecular flexibility index (Phi) is 3.99. The van der Waals surface area contributed by atoms with Crippen molar-refractivity contribution in [1.82, 2.24) is 10.3 Å². The van der Waals surface area contributed by atoms with Crippen LogP contribution < -0.4 is 5.32 Å². The molecule has 0 radical (unpaired) electrons. The predicted octanol–water partition coefficient (Wildman–Crippen LogP) is 3.19. The lowest BCUT2D eigenvalue weighted by Crippen LogP contribution is -2.41. The summed E-state index contributed by atoms with van der Waals surface area (Å²) in [6.07, 6.45) is 7.65. The molecule has 1 aromatic carbocycles. The third-order valence-electron chi connectivity index (χ3n) is 4.29. The molecule has 3 rings (SSSR count). The minimum absolute atomic E-state index is 0.417. The molecule has 3 atom stereocenters. The van der Waals surface area contributed by atoms with E-state index in [-0.39, 0.29) is 0 Å². The van der Waals surface area contributed by atoms with Crippen molar-refractivity contribution in [3.63, 3.8) is 0 Å². The minimum atomic E-state index is -0.425. The van der Waals surface area contributed by atoms with Crippen LogP contribution in [0.25, 0.3) is 10.8 Å². The number of nitrogens with one attached hydrogen (secondary N) is 1. The van der Waals surface area contributed by atoms with Crippen LogP contribution in [0.15, 0.2) is 36.7 Å². The number of hydrogen-bond donors (Lipinski definition) is 2. The lowest BCUT2D eigenvalue weighted by atomic mass is 9.92. The highest BCUT2D eigenvalue weighted by atomic mass is 16.3. The number of nitrogens with zero attached hydrogens (tertiary/aromatic N) is 1. The zero-order valence-electron chi connectivity index (χ0n) is 11.9. The summed E-state index contributed by atoms with van der Waals surface area (Å²) in [6.45, 7) is 2.22. The summed E-state index contributed by atoms with van der Waals surface area (Å²) in [6, 6.07) is 9.06. The third kappa shape index (κ3) is 2.84. The van der Waals surface area contributed by atoms with Crippen molar-refractivity contribution >= 4 is 10.8 Å². The van der Waals surface area contributed by atoms with Crippen molar-refractivity contribution in [3.05, 3.63) is 42.2 Å². The molecule has 3 unspecified atom stereocenters. The third-order valence-corrected chi connectivity index (χ3v) is 4.29. The Morgan fingerprint density at radius 1 is 1.35 bits per heavy atom. The summed E-state index contributed by atoms with van der Waals surface area (Å²) >= 11 is 0. The molecule has 3 nitrogen and oxygen atoms in total. The Labute approximate surface area is 120 Å². The molecule has 0 saturated carbocycles. The Balaban J connectivity index is 1.80. The zero-order valence-corrected chi connectivity index (χ0v) is 11.9. The number of rotatable bonds is 3. The highest BCUT2D eigenvalue weighted by molar-refractivity contribution is 5.85. The fourth-order valence-corrected chi connectivity index (χ4v) is 3.25. The number of aliphatic hydroxyl groups is 1. The van der Waals surface area contributed by atoms with Crippen molar-refractivity contribution < 1.29 is 5.11 Å². The van der Waals surface area contributed by atoms with E-state index in [1.54, 1.807) is 6.20 Å². The maximum absolute atomic E-state index is 10.6. The van der Waals surface area contributed by atoms with Gasteiger partial charge in [0.1, 0.15) is 0 Å². The van der Waals surface area contributed by atoms with E-state index in [0.717, 1.165) is 29.2 Å². The number of aliphatic hydroxyl groups excluding tert-OH is 1. The van der Waals surface area contributed by atoms with Gasteiger partial charge in [-0.15, -0.1) is 0 Å². The summed E-state index contributed by atoms with van der Waals surface area (Å²) in [5, 5.41) is 16.4. The van der Waals surface area contributed by atoms with Crippen LogP contribution in [0.3, 0.4) is 0 Å². The Morgan fingerprint density at radius 2 is 2.25 bits per heavy atom. The number of benzene rings is 1. The molecule has 106 valence electrons. The first kappa shape index (κ1) is 13.5. The van der Waals surface area contributed by atoms with Gasteiger partial charge in [0.05, 0.1) is 6.10 Å². The Bertz CT molecular complexity index is 579. The van der Waals surface area contributed by atoms with Crippen LogP contribution in [0.1, 0.15) is 44.3 Å². The quantitative estimate of drug-likeness (QED) is 0.900. The highest BCUT2D eigenvalue weighted by Gasteiger charge is 2.22. The maximum Gasteiger partial charge on any atom is 0.0811 e. The summed E-state index contributed by atoms with van der Waals surface area (Å²) < 4.78 is 0. The molecule has 1 aliphatic heterocycles. The van der Waals surface area contributed by atoms with E-state index in [0.29, 0.717) is 12.1 Å². The standard InChI is InChI=1S/C17H22N2O/c1-12-4-2-6-14(19-12)10-17(20)15-7-3-5-13-8-9-18-11-16(13)15/h3,5,7-9,11-12,14,17,19-20H,2,4,6,10H2,1H3. The molecule has 1 saturated heterocycles. The summed E-state index contributed by atoms with van der Waals surface area (Å²) in [5.41, 5.74) is 0.996. The summed E-state index contributed by atoms with van der Waals surface area (Å²) in [7, 11) is 0. The van der Waals surface area contributed by atoms with E-state index in [1.807, 2.05) is 24.4 Å². The molecule has 0 aliphatic carbocycles. The van der Waals surface area contributed by atoms with Crippen molar-refractivity contribution in [2.24, 2.45) is 0 Å². The number of aromatic nitrogens is 1. The molecule has 2 aromatic rings. The van der Waals surface area contributed by atoms with Crippen LogP contribution in [-0.2, 0) is 0 Å². The predicted molar refractivity (Wildman–Crippen MR) is 81.6 cm³/mol. The molecule has 2 N–H and O–H groups in total. The van der Waals surface area contributed by atoms with Crippen LogP contribution in [-0.4, -0.2) is 22.2 Å². The van der Waals surface area contributed by atoms with Crippen LogP contribution in [0.4, 0.5) is 0 Å². The van der Waals surface area contributed by atoms with Crippen LogP contribution in [0.2, 0.25) is 0 Å². The van der Waals surface area contributed by atoms with Gasteiger partial charge in [0, 0.05) is 29.9 Å². The fourth-order valence-electron chi connectivity index (χ4n) is 3.25. The molecule has 1 aliphatic rings. The van der Waals surface area contributed by atoms with Crippen molar-refractivity contribution in [3.8, 4) is 0 Å². The molecule has 3 heteroatoms. The first-order valence-electron chi connectivity index (χ1n) is 7.51. The second kappa shape index (κ2) is 5.90. The minimum Gasteiger partial charge on any atom is -0.388 e. The van der Waals surface area contributed by atoms with E-state index in [9.17, 15) is 5.11 Å². The van der Waals surface area contributed by atoms with Gasteiger partial charge in [-0.3, -0.25) is 4.98 Å². The first-order valence-corrected chi connectivity index (χ1v) is 7.51. The maximum atomic E-state index is 10.6. The van der Waals surface area contributed by atoms with E-state index >= 15 is 0 Å². The Hall–Kier alpha value is -1.45. The van der Waals surface area contributed by atoms with Crippen LogP contribution >= 0.6 is 0 Å². The van der Waals surface area contributed by atoms with Gasteiger partial charge in [0.25, 0.3) is 0 Å². The topological polar surface area (TPSA) is 45.2 Å². The highest BCUT2D eigenvalue weighted by Crippen LogP contribution is 2.28. The molecular weight excluding hydrogens is 248 g/mol. The van der Waals surface area contributed by atoms with Gasteiger partial charge >= 0.3 is 0 Å². The van der Waals surface area contributed by atoms with Gasteiger partial charge in [0.15, 0.2) is 0 Å². The van der Waals surface area contributed by atoms with Crippen molar-refractivity contribution in [2.75, 3.05) is 0 Å². The average molecular weight is 270 g/mol. The molecule has 20 heavy (non-hydrogen) atoms. The fraction of sp³-hybridized carbons (Fsp3) is 0.471. The van der Waals surface area contributed by atoms with Crippen LogP contribution in [0.5, 0.6) is 0 Å². The lowest BCUT2D eigenvalue weighted by molar-refractivity contribution is 0.140. The summed E-state index contributed by atoms with van der Waals surface area (Å²) in [4.78, 5) is 4.19. The van der Waals surface area contributed by atoms with E-state index in [1.165, 1.54) is 12.8 Å². The van der Waals surface area contributed by atoms with Gasteiger partial charge in [-0.1, -0.05) is 24.6 Å². The van der Waals surface area contributed by atoms with Crippen LogP contribution in [0, 0.1) is 0 Å². The van der Waals surface area contributed by atoms with Crippen molar-refractivity contribution in [2.45, 2.75) is 50.8 Å². The molecule has 1 fully saturated rings. The zero-order chi connectivity index (χ0) is 13.9. The molecule has 0 bridgehead atoms. The molecule has 1 aromatic heterocycles. The SMILES string of the molecule is CC1CCCC(CC(O)c2cccc3ccncc23)N1. The number of fused-ring (bicyclic) bond motifs is 1. The Morgan fingerprint density at radius 3 is 3.10 bits per heavy atom. The van der Waals surface area contributed by atoms with Gasteiger partial charge in [-0.05, 0) is 43.2 Å². The first-order chi connectivity index (χ1) is 9.74. The summed E-state index contributed by atoms with van der Waals surface area (Å²) in [5.74, 6) is 0. The number of hydrogen-bond acceptors (Lipinski definition) is 3. The van der Waals surface area contributed by atoms with Crippen molar-refractivity contribution in [1.29, 1.82) is 0 Å². The molecule has 0 spiro atoms. The monoisotopic (exact) mass is 270 g/mol. The smallest absolute Gasteiger partial charge is 0.0811 e. The molecular formula is C17H22N2O. The molecule has 2 heterocycles. The van der Waals surface area contributed by atoms with E-state index < -0.39 is 6.10 Å². The van der Waals surface area contributed by atoms with E-state index in [2.05, 4.69) is 23.3 Å². The van der Waals surface area contributed by atoms with E-state index in [4.69, 9.17) is 0 Å². The second-order valence-electron chi connectivity index (χ2n) is 5.89. The van der Waals surface area contributed by atoms with Gasteiger partial charge in [-0.25, -0.2) is 0 Å².